The highest BCUT2D eigenvalue weighted by atomic mass is 19.1. The van der Waals surface area contributed by atoms with Crippen molar-refractivity contribution in [3.05, 3.63) is 71.3 Å². The molecule has 0 saturated carbocycles. The zero-order chi connectivity index (χ0) is 14.4. The second-order valence-corrected chi connectivity index (χ2v) is 4.42. The van der Waals surface area contributed by atoms with Crippen LogP contribution in [0.5, 0.6) is 0 Å². The van der Waals surface area contributed by atoms with Crippen LogP contribution in [-0.2, 0) is 11.3 Å². The minimum Gasteiger partial charge on any atom is -0.348 e. The van der Waals surface area contributed by atoms with E-state index >= 15 is 0 Å². The van der Waals surface area contributed by atoms with Crippen molar-refractivity contribution in [2.24, 2.45) is 0 Å². The summed E-state index contributed by atoms with van der Waals surface area (Å²) in [6.45, 7) is 2.00. The molecule has 0 aliphatic heterocycles. The van der Waals surface area contributed by atoms with Crippen molar-refractivity contribution in [3.63, 3.8) is 0 Å². The van der Waals surface area contributed by atoms with Gasteiger partial charge in [0.05, 0.1) is 0 Å². The summed E-state index contributed by atoms with van der Waals surface area (Å²) < 4.78 is 13.3. The number of halogens is 1. The standard InChI is InChI=1S/C16H15FN2O/c1-12-4-5-14(9-15(12)17)11-19-16(20)7-6-13-3-2-8-18-10-13/h2-10H,11H2,1H3,(H,19,20)/b7-6+. The summed E-state index contributed by atoms with van der Waals surface area (Å²) in [7, 11) is 0. The van der Waals surface area contributed by atoms with Gasteiger partial charge in [-0.3, -0.25) is 9.78 Å². The molecule has 0 aliphatic rings. The Hall–Kier alpha value is -2.49. The Morgan fingerprint density at radius 3 is 2.95 bits per heavy atom. The molecule has 0 atom stereocenters. The summed E-state index contributed by atoms with van der Waals surface area (Å²) in [5, 5.41) is 2.70. The zero-order valence-corrected chi connectivity index (χ0v) is 11.1. The van der Waals surface area contributed by atoms with E-state index in [1.54, 1.807) is 43.6 Å². The van der Waals surface area contributed by atoms with E-state index in [0.29, 0.717) is 12.1 Å². The van der Waals surface area contributed by atoms with Crippen LogP contribution in [0.15, 0.2) is 48.8 Å². The van der Waals surface area contributed by atoms with Gasteiger partial charge in [-0.2, -0.15) is 0 Å². The van der Waals surface area contributed by atoms with E-state index in [0.717, 1.165) is 11.1 Å². The molecule has 0 aliphatic carbocycles. The number of aromatic nitrogens is 1. The second kappa shape index (κ2) is 6.61. The first-order chi connectivity index (χ1) is 9.65. The van der Waals surface area contributed by atoms with Gasteiger partial charge in [0.15, 0.2) is 0 Å². The van der Waals surface area contributed by atoms with Gasteiger partial charge in [0.1, 0.15) is 5.82 Å². The molecule has 1 amide bonds. The number of hydrogen-bond donors (Lipinski definition) is 1. The van der Waals surface area contributed by atoms with Gasteiger partial charge in [0.2, 0.25) is 5.91 Å². The monoisotopic (exact) mass is 270 g/mol. The molecule has 0 bridgehead atoms. The van der Waals surface area contributed by atoms with Gasteiger partial charge in [0.25, 0.3) is 0 Å². The molecule has 2 rings (SSSR count). The maximum absolute atomic E-state index is 13.3. The largest absolute Gasteiger partial charge is 0.348 e. The number of carbonyl (C=O) groups is 1. The molecule has 0 saturated heterocycles. The number of nitrogens with zero attached hydrogens (tertiary/aromatic N) is 1. The molecular formula is C16H15FN2O. The smallest absolute Gasteiger partial charge is 0.244 e. The number of carbonyl (C=O) groups excluding carboxylic acids is 1. The van der Waals surface area contributed by atoms with Crippen molar-refractivity contribution in [1.29, 1.82) is 0 Å². The summed E-state index contributed by atoms with van der Waals surface area (Å²) in [5.41, 5.74) is 2.18. The first kappa shape index (κ1) is 13.9. The molecule has 1 N–H and O–H groups in total. The van der Waals surface area contributed by atoms with Gasteiger partial charge in [0, 0.05) is 25.0 Å². The summed E-state index contributed by atoms with van der Waals surface area (Å²) in [6.07, 6.45) is 6.45. The van der Waals surface area contributed by atoms with Crippen LogP contribution in [0.4, 0.5) is 4.39 Å². The number of aryl methyl sites for hydroxylation is 1. The van der Waals surface area contributed by atoms with Crippen molar-refractivity contribution < 1.29 is 9.18 Å². The lowest BCUT2D eigenvalue weighted by atomic mass is 10.1. The molecule has 4 heteroatoms. The third-order valence-electron chi connectivity index (χ3n) is 2.81. The van der Waals surface area contributed by atoms with Crippen LogP contribution in [-0.4, -0.2) is 10.9 Å². The number of nitrogens with one attached hydrogen (secondary N) is 1. The molecule has 0 fully saturated rings. The first-order valence-corrected chi connectivity index (χ1v) is 6.26. The Morgan fingerprint density at radius 2 is 2.25 bits per heavy atom. The Balaban J connectivity index is 1.89. The summed E-state index contributed by atoms with van der Waals surface area (Å²) >= 11 is 0. The Kier molecular flexibility index (Phi) is 4.60. The van der Waals surface area contributed by atoms with E-state index in [4.69, 9.17) is 0 Å². The molecule has 0 spiro atoms. The fourth-order valence-electron chi connectivity index (χ4n) is 1.64. The lowest BCUT2D eigenvalue weighted by Crippen LogP contribution is -2.20. The zero-order valence-electron chi connectivity index (χ0n) is 11.1. The van der Waals surface area contributed by atoms with Crippen LogP contribution in [0, 0.1) is 12.7 Å². The van der Waals surface area contributed by atoms with Crippen LogP contribution in [0.1, 0.15) is 16.7 Å². The van der Waals surface area contributed by atoms with E-state index in [2.05, 4.69) is 10.3 Å². The number of amides is 1. The highest BCUT2D eigenvalue weighted by Gasteiger charge is 2.01. The minimum absolute atomic E-state index is 0.227. The average molecular weight is 270 g/mol. The fraction of sp³-hybridized carbons (Fsp3) is 0.125. The fourth-order valence-corrected chi connectivity index (χ4v) is 1.64. The van der Waals surface area contributed by atoms with Crippen molar-refractivity contribution in [1.82, 2.24) is 10.3 Å². The van der Waals surface area contributed by atoms with Crippen molar-refractivity contribution in [2.45, 2.75) is 13.5 Å². The average Bonchev–Trinajstić information content (AvgIpc) is 2.47. The third-order valence-corrected chi connectivity index (χ3v) is 2.81. The van der Waals surface area contributed by atoms with Crippen molar-refractivity contribution >= 4 is 12.0 Å². The predicted molar refractivity (Wildman–Crippen MR) is 76.3 cm³/mol. The molecule has 0 radical (unpaired) electrons. The van der Waals surface area contributed by atoms with E-state index in [-0.39, 0.29) is 11.7 Å². The maximum atomic E-state index is 13.3. The van der Waals surface area contributed by atoms with Crippen LogP contribution in [0.25, 0.3) is 6.08 Å². The molecule has 2 aromatic rings. The van der Waals surface area contributed by atoms with E-state index < -0.39 is 0 Å². The minimum atomic E-state index is -0.261. The lowest BCUT2D eigenvalue weighted by molar-refractivity contribution is -0.116. The number of hydrogen-bond acceptors (Lipinski definition) is 2. The Labute approximate surface area is 117 Å². The molecule has 1 aromatic carbocycles. The van der Waals surface area contributed by atoms with Gasteiger partial charge >= 0.3 is 0 Å². The van der Waals surface area contributed by atoms with Gasteiger partial charge in [-0.05, 0) is 41.8 Å². The molecular weight excluding hydrogens is 255 g/mol. The molecule has 20 heavy (non-hydrogen) atoms. The number of benzene rings is 1. The Morgan fingerprint density at radius 1 is 1.40 bits per heavy atom. The summed E-state index contributed by atoms with van der Waals surface area (Å²) in [6, 6.07) is 8.57. The maximum Gasteiger partial charge on any atom is 0.244 e. The molecule has 1 heterocycles. The summed E-state index contributed by atoms with van der Waals surface area (Å²) in [4.78, 5) is 15.6. The van der Waals surface area contributed by atoms with Gasteiger partial charge in [-0.25, -0.2) is 4.39 Å². The molecule has 102 valence electrons. The highest BCUT2D eigenvalue weighted by Crippen LogP contribution is 2.08. The predicted octanol–water partition coefficient (Wildman–Crippen LogP) is 2.86. The van der Waals surface area contributed by atoms with Gasteiger partial charge < -0.3 is 5.32 Å². The van der Waals surface area contributed by atoms with Crippen LogP contribution < -0.4 is 5.32 Å². The SMILES string of the molecule is Cc1ccc(CNC(=O)/C=C/c2cccnc2)cc1F. The van der Waals surface area contributed by atoms with Crippen LogP contribution in [0.3, 0.4) is 0 Å². The van der Waals surface area contributed by atoms with Crippen LogP contribution in [0.2, 0.25) is 0 Å². The third kappa shape index (κ3) is 4.02. The van der Waals surface area contributed by atoms with E-state index in [1.165, 1.54) is 12.1 Å². The quantitative estimate of drug-likeness (QED) is 0.868. The van der Waals surface area contributed by atoms with E-state index in [1.807, 2.05) is 6.07 Å². The molecule has 3 nitrogen and oxygen atoms in total. The normalized spacial score (nSPS) is 10.7. The lowest BCUT2D eigenvalue weighted by Gasteiger charge is -2.04. The molecule has 0 unspecified atom stereocenters. The van der Waals surface area contributed by atoms with Crippen LogP contribution >= 0.6 is 0 Å². The summed E-state index contributed by atoms with van der Waals surface area (Å²) in [5.74, 6) is -0.488. The van der Waals surface area contributed by atoms with Crippen molar-refractivity contribution in [3.8, 4) is 0 Å². The Bertz CT molecular complexity index is 624. The van der Waals surface area contributed by atoms with Gasteiger partial charge in [-0.1, -0.05) is 18.2 Å². The van der Waals surface area contributed by atoms with E-state index in [9.17, 15) is 9.18 Å². The second-order valence-electron chi connectivity index (χ2n) is 4.42. The first-order valence-electron chi connectivity index (χ1n) is 6.26. The van der Waals surface area contributed by atoms with Gasteiger partial charge in [-0.15, -0.1) is 0 Å². The topological polar surface area (TPSA) is 42.0 Å². The molecule has 1 aromatic heterocycles. The number of rotatable bonds is 4. The highest BCUT2D eigenvalue weighted by molar-refractivity contribution is 5.91. The number of pyridine rings is 1. The van der Waals surface area contributed by atoms with Crippen molar-refractivity contribution in [2.75, 3.05) is 0 Å².